The molecule has 22 heavy (non-hydrogen) atoms. The molecule has 0 spiro atoms. The molecule has 1 aromatic carbocycles. The molecule has 0 aliphatic heterocycles. The van der Waals surface area contributed by atoms with Gasteiger partial charge in [0.15, 0.2) is 0 Å². The lowest BCUT2D eigenvalue weighted by atomic mass is 10.1. The molecule has 0 heterocycles. The van der Waals surface area contributed by atoms with Gasteiger partial charge in [0, 0.05) is 19.0 Å². The average Bonchev–Trinajstić information content (AvgIpc) is 2.82. The van der Waals surface area contributed by atoms with E-state index in [0.29, 0.717) is 19.0 Å². The number of nitrogens with zero attached hydrogens (tertiary/aromatic N) is 1. The predicted molar refractivity (Wildman–Crippen MR) is 87.8 cm³/mol. The maximum absolute atomic E-state index is 12.1. The summed E-state index contributed by atoms with van der Waals surface area (Å²) in [4.78, 5) is 14.4. The molecule has 5 heteroatoms. The van der Waals surface area contributed by atoms with Gasteiger partial charge in [-0.15, -0.1) is 0 Å². The highest BCUT2D eigenvalue weighted by Gasteiger charge is 2.31. The van der Waals surface area contributed by atoms with Crippen molar-refractivity contribution in [1.29, 1.82) is 0 Å². The van der Waals surface area contributed by atoms with E-state index in [0.717, 1.165) is 24.2 Å². The van der Waals surface area contributed by atoms with Crippen molar-refractivity contribution < 1.29 is 9.90 Å². The van der Waals surface area contributed by atoms with E-state index >= 15 is 0 Å². The number of fused-ring (bicyclic) bond motifs is 1. The van der Waals surface area contributed by atoms with E-state index in [1.165, 1.54) is 0 Å². The van der Waals surface area contributed by atoms with Crippen LogP contribution in [0.4, 0.5) is 4.79 Å². The van der Waals surface area contributed by atoms with Crippen molar-refractivity contribution >= 4 is 6.03 Å². The topological polar surface area (TPSA) is 64.6 Å². The van der Waals surface area contributed by atoms with Crippen LogP contribution >= 0.6 is 0 Å². The van der Waals surface area contributed by atoms with E-state index in [-0.39, 0.29) is 12.1 Å². The molecule has 2 amide bonds. The van der Waals surface area contributed by atoms with Crippen molar-refractivity contribution in [2.45, 2.75) is 45.4 Å². The second kappa shape index (κ2) is 7.61. The number of likely N-dealkylation sites (N-methyl/N-ethyl adjacent to an activating group) is 1. The largest absolute Gasteiger partial charge is 0.390 e. The molecule has 0 fully saturated rings. The van der Waals surface area contributed by atoms with Crippen LogP contribution in [0.3, 0.4) is 0 Å². The second-order valence-corrected chi connectivity index (χ2v) is 5.87. The molecular weight excluding hydrogens is 278 g/mol. The van der Waals surface area contributed by atoms with Gasteiger partial charge in [-0.1, -0.05) is 38.1 Å². The molecule has 1 aliphatic rings. The summed E-state index contributed by atoms with van der Waals surface area (Å²) >= 11 is 0. The van der Waals surface area contributed by atoms with Gasteiger partial charge in [-0.3, -0.25) is 4.90 Å². The van der Waals surface area contributed by atoms with Crippen LogP contribution in [0.25, 0.3) is 0 Å². The fourth-order valence-electron chi connectivity index (χ4n) is 3.16. The molecule has 0 saturated heterocycles. The number of rotatable bonds is 6. The van der Waals surface area contributed by atoms with Crippen molar-refractivity contribution in [2.75, 3.05) is 19.6 Å². The summed E-state index contributed by atoms with van der Waals surface area (Å²) < 4.78 is 0. The number of hydrogen-bond donors (Lipinski definition) is 3. The normalized spacial score (nSPS) is 21.5. The van der Waals surface area contributed by atoms with Crippen molar-refractivity contribution in [3.05, 3.63) is 35.4 Å². The summed E-state index contributed by atoms with van der Waals surface area (Å²) in [5, 5.41) is 16.0. The Morgan fingerprint density at radius 3 is 2.73 bits per heavy atom. The van der Waals surface area contributed by atoms with Crippen molar-refractivity contribution in [1.82, 2.24) is 15.5 Å². The first-order chi connectivity index (χ1) is 10.6. The molecule has 3 atom stereocenters. The zero-order valence-corrected chi connectivity index (χ0v) is 13.7. The van der Waals surface area contributed by atoms with E-state index < -0.39 is 6.10 Å². The van der Waals surface area contributed by atoms with Crippen LogP contribution in [0.1, 0.15) is 37.9 Å². The maximum atomic E-state index is 12.1. The standard InChI is InChI=1S/C17H27N3O2/c1-4-20(5-2)12(3)11-18-17(22)19-16-14-9-7-6-8-13(14)10-15(16)21/h6-9,12,15-16,21H,4-5,10-11H2,1-3H3,(H2,18,19,22). The minimum Gasteiger partial charge on any atom is -0.390 e. The fourth-order valence-corrected chi connectivity index (χ4v) is 3.16. The van der Waals surface area contributed by atoms with Gasteiger partial charge in [-0.05, 0) is 31.1 Å². The van der Waals surface area contributed by atoms with Gasteiger partial charge in [0.25, 0.3) is 0 Å². The Labute approximate surface area is 132 Å². The Kier molecular flexibility index (Phi) is 5.80. The molecule has 3 unspecified atom stereocenters. The third-order valence-corrected chi connectivity index (χ3v) is 4.48. The summed E-state index contributed by atoms with van der Waals surface area (Å²) in [6, 6.07) is 7.61. The monoisotopic (exact) mass is 305 g/mol. The summed E-state index contributed by atoms with van der Waals surface area (Å²) in [6.45, 7) is 8.87. The van der Waals surface area contributed by atoms with Crippen molar-refractivity contribution in [3.8, 4) is 0 Å². The summed E-state index contributed by atoms with van der Waals surface area (Å²) in [6.07, 6.45) is 0.0418. The number of carbonyl (C=O) groups excluding carboxylic acids is 1. The lowest BCUT2D eigenvalue weighted by molar-refractivity contribution is 0.141. The third-order valence-electron chi connectivity index (χ3n) is 4.48. The zero-order chi connectivity index (χ0) is 16.1. The lowest BCUT2D eigenvalue weighted by Crippen LogP contribution is -2.46. The number of benzene rings is 1. The molecule has 1 aliphatic carbocycles. The van der Waals surface area contributed by atoms with Gasteiger partial charge in [0.2, 0.25) is 0 Å². The lowest BCUT2D eigenvalue weighted by Gasteiger charge is -2.27. The molecule has 122 valence electrons. The highest BCUT2D eigenvalue weighted by molar-refractivity contribution is 5.74. The third kappa shape index (κ3) is 3.78. The highest BCUT2D eigenvalue weighted by Crippen LogP contribution is 2.30. The van der Waals surface area contributed by atoms with E-state index in [9.17, 15) is 9.90 Å². The fraction of sp³-hybridized carbons (Fsp3) is 0.588. The molecule has 1 aromatic rings. The maximum Gasteiger partial charge on any atom is 0.315 e. The average molecular weight is 305 g/mol. The minimum atomic E-state index is -0.552. The van der Waals surface area contributed by atoms with E-state index in [1.807, 2.05) is 24.3 Å². The first-order valence-electron chi connectivity index (χ1n) is 8.11. The number of urea groups is 1. The van der Waals surface area contributed by atoms with Crippen LogP contribution in [-0.2, 0) is 6.42 Å². The second-order valence-electron chi connectivity index (χ2n) is 5.87. The van der Waals surface area contributed by atoms with Crippen molar-refractivity contribution in [2.24, 2.45) is 0 Å². The first-order valence-corrected chi connectivity index (χ1v) is 8.11. The highest BCUT2D eigenvalue weighted by atomic mass is 16.3. The Balaban J connectivity index is 1.87. The quantitative estimate of drug-likeness (QED) is 0.749. The van der Waals surface area contributed by atoms with Crippen LogP contribution in [0.2, 0.25) is 0 Å². The number of nitrogens with one attached hydrogen (secondary N) is 2. The number of carbonyl (C=O) groups is 1. The molecular formula is C17H27N3O2. The molecule has 5 nitrogen and oxygen atoms in total. The van der Waals surface area contributed by atoms with E-state index in [1.54, 1.807) is 0 Å². The van der Waals surface area contributed by atoms with Gasteiger partial charge in [-0.2, -0.15) is 0 Å². The zero-order valence-electron chi connectivity index (χ0n) is 13.7. The van der Waals surface area contributed by atoms with Gasteiger partial charge >= 0.3 is 6.03 Å². The number of aliphatic hydroxyl groups is 1. The number of hydrogen-bond acceptors (Lipinski definition) is 3. The summed E-state index contributed by atoms with van der Waals surface area (Å²) in [7, 11) is 0. The Hall–Kier alpha value is -1.59. The molecule has 0 saturated carbocycles. The number of aliphatic hydroxyl groups excluding tert-OH is 1. The summed E-state index contributed by atoms with van der Waals surface area (Å²) in [5.41, 5.74) is 2.12. The van der Waals surface area contributed by atoms with Crippen LogP contribution in [0.5, 0.6) is 0 Å². The van der Waals surface area contributed by atoms with Crippen LogP contribution in [0.15, 0.2) is 24.3 Å². The molecule has 2 rings (SSSR count). The Bertz CT molecular complexity index is 502. The SMILES string of the molecule is CCN(CC)C(C)CNC(=O)NC1c2ccccc2CC1O. The Morgan fingerprint density at radius 1 is 1.36 bits per heavy atom. The van der Waals surface area contributed by atoms with Gasteiger partial charge in [-0.25, -0.2) is 4.79 Å². The predicted octanol–water partition coefficient (Wildman–Crippen LogP) is 1.67. The number of amides is 2. The first kappa shape index (κ1) is 16.8. The molecule has 0 bridgehead atoms. The van der Waals surface area contributed by atoms with Gasteiger partial charge in [0.1, 0.15) is 0 Å². The van der Waals surface area contributed by atoms with Crippen LogP contribution in [0, 0.1) is 0 Å². The summed E-state index contributed by atoms with van der Waals surface area (Å²) in [5.74, 6) is 0. The van der Waals surface area contributed by atoms with E-state index in [4.69, 9.17) is 0 Å². The smallest absolute Gasteiger partial charge is 0.315 e. The molecule has 0 aromatic heterocycles. The Morgan fingerprint density at radius 2 is 2.05 bits per heavy atom. The van der Waals surface area contributed by atoms with Crippen LogP contribution < -0.4 is 10.6 Å². The molecule has 3 N–H and O–H groups in total. The molecule has 0 radical (unpaired) electrons. The minimum absolute atomic E-state index is 0.222. The van der Waals surface area contributed by atoms with Crippen LogP contribution in [-0.4, -0.2) is 47.8 Å². The van der Waals surface area contributed by atoms with Gasteiger partial charge < -0.3 is 15.7 Å². The van der Waals surface area contributed by atoms with Gasteiger partial charge in [0.05, 0.1) is 12.1 Å². The van der Waals surface area contributed by atoms with Crippen molar-refractivity contribution in [3.63, 3.8) is 0 Å². The van der Waals surface area contributed by atoms with E-state index in [2.05, 4.69) is 36.3 Å².